The van der Waals surface area contributed by atoms with Crippen LogP contribution in [0.25, 0.3) is 17.0 Å². The van der Waals surface area contributed by atoms with Gasteiger partial charge in [-0.05, 0) is 49.2 Å². The Morgan fingerprint density at radius 3 is 2.68 bits per heavy atom. The molecule has 1 aliphatic rings. The second-order valence-electron chi connectivity index (χ2n) is 5.42. The Morgan fingerprint density at radius 2 is 1.95 bits per heavy atom. The van der Waals surface area contributed by atoms with Gasteiger partial charge in [0.25, 0.3) is 5.91 Å². The van der Waals surface area contributed by atoms with Crippen molar-refractivity contribution in [2.75, 3.05) is 0 Å². The first-order valence-corrected chi connectivity index (χ1v) is 7.12. The molecule has 1 N–H and O–H groups in total. The van der Waals surface area contributed by atoms with Crippen LogP contribution >= 0.6 is 0 Å². The van der Waals surface area contributed by atoms with E-state index in [1.54, 1.807) is 34.9 Å². The third kappa shape index (κ3) is 2.32. The number of halogens is 1. The molecule has 0 bridgehead atoms. The van der Waals surface area contributed by atoms with Gasteiger partial charge in [-0.25, -0.2) is 4.39 Å². The van der Waals surface area contributed by atoms with Crippen LogP contribution in [-0.4, -0.2) is 26.5 Å². The Hall–Kier alpha value is -2.76. The van der Waals surface area contributed by atoms with Crippen molar-refractivity contribution in [3.05, 3.63) is 54.0 Å². The lowest BCUT2D eigenvalue weighted by Crippen LogP contribution is -2.25. The van der Waals surface area contributed by atoms with E-state index in [1.807, 2.05) is 0 Å². The quantitative estimate of drug-likeness (QED) is 0.807. The van der Waals surface area contributed by atoms with E-state index in [-0.39, 0.29) is 11.7 Å². The Bertz CT molecular complexity index is 852. The molecule has 4 rings (SSSR count). The van der Waals surface area contributed by atoms with Gasteiger partial charge in [0.2, 0.25) is 0 Å². The van der Waals surface area contributed by atoms with Gasteiger partial charge in [-0.2, -0.15) is 0 Å². The molecule has 22 heavy (non-hydrogen) atoms. The van der Waals surface area contributed by atoms with Gasteiger partial charge in [0, 0.05) is 23.4 Å². The minimum atomic E-state index is -0.295. The summed E-state index contributed by atoms with van der Waals surface area (Å²) < 4.78 is 14.8. The van der Waals surface area contributed by atoms with Gasteiger partial charge in [0.15, 0.2) is 11.5 Å². The lowest BCUT2D eigenvalue weighted by Gasteiger charge is -2.04. The SMILES string of the molecule is O=C(NC1CC1)c1ccn2c(-c3ccc(F)cc3)nnc2c1. The van der Waals surface area contributed by atoms with E-state index in [4.69, 9.17) is 0 Å². The fraction of sp³-hybridized carbons (Fsp3) is 0.188. The first-order chi connectivity index (χ1) is 10.7. The summed E-state index contributed by atoms with van der Waals surface area (Å²) in [4.78, 5) is 12.0. The Balaban J connectivity index is 1.70. The highest BCUT2D eigenvalue weighted by molar-refractivity contribution is 5.95. The van der Waals surface area contributed by atoms with Crippen LogP contribution in [0.3, 0.4) is 0 Å². The highest BCUT2D eigenvalue weighted by Gasteiger charge is 2.24. The molecule has 110 valence electrons. The average Bonchev–Trinajstić information content (AvgIpc) is 3.24. The van der Waals surface area contributed by atoms with E-state index >= 15 is 0 Å². The van der Waals surface area contributed by atoms with Crippen LogP contribution in [0.1, 0.15) is 23.2 Å². The zero-order chi connectivity index (χ0) is 15.1. The molecule has 6 heteroatoms. The monoisotopic (exact) mass is 296 g/mol. The summed E-state index contributed by atoms with van der Waals surface area (Å²) in [6.07, 6.45) is 3.86. The van der Waals surface area contributed by atoms with Gasteiger partial charge in [0.05, 0.1) is 0 Å². The predicted molar refractivity (Wildman–Crippen MR) is 78.9 cm³/mol. The standard InChI is InChI=1S/C16H13FN4O/c17-12-3-1-10(2-4-12)15-20-19-14-9-11(7-8-21(14)15)16(22)18-13-5-6-13/h1-4,7-9,13H,5-6H2,(H,18,22). The number of amides is 1. The summed E-state index contributed by atoms with van der Waals surface area (Å²) in [7, 11) is 0. The maximum absolute atomic E-state index is 13.0. The van der Waals surface area contributed by atoms with Crippen LogP contribution in [-0.2, 0) is 0 Å². The number of nitrogens with zero attached hydrogens (tertiary/aromatic N) is 3. The summed E-state index contributed by atoms with van der Waals surface area (Å²) in [5, 5.41) is 11.2. The molecule has 2 aromatic heterocycles. The molecule has 0 saturated heterocycles. The highest BCUT2D eigenvalue weighted by Crippen LogP contribution is 2.21. The second kappa shape index (κ2) is 4.91. The van der Waals surface area contributed by atoms with Crippen molar-refractivity contribution in [2.45, 2.75) is 18.9 Å². The molecule has 0 spiro atoms. The Morgan fingerprint density at radius 1 is 1.18 bits per heavy atom. The molecular weight excluding hydrogens is 283 g/mol. The van der Waals surface area contributed by atoms with Crippen molar-refractivity contribution in [1.82, 2.24) is 19.9 Å². The van der Waals surface area contributed by atoms with Crippen LogP contribution in [0.2, 0.25) is 0 Å². The number of hydrogen-bond acceptors (Lipinski definition) is 3. The van der Waals surface area contributed by atoms with Gasteiger partial charge in [-0.3, -0.25) is 9.20 Å². The summed E-state index contributed by atoms with van der Waals surface area (Å²) in [6, 6.07) is 9.83. The number of benzene rings is 1. The van der Waals surface area contributed by atoms with Gasteiger partial charge in [-0.15, -0.1) is 10.2 Å². The molecule has 0 aliphatic heterocycles. The molecule has 5 nitrogen and oxygen atoms in total. The lowest BCUT2D eigenvalue weighted by atomic mass is 10.2. The highest BCUT2D eigenvalue weighted by atomic mass is 19.1. The Kier molecular flexibility index (Phi) is 2.89. The average molecular weight is 296 g/mol. The van der Waals surface area contributed by atoms with Gasteiger partial charge < -0.3 is 5.32 Å². The third-order valence-electron chi connectivity index (χ3n) is 3.69. The van der Waals surface area contributed by atoms with Gasteiger partial charge >= 0.3 is 0 Å². The zero-order valence-corrected chi connectivity index (χ0v) is 11.7. The number of fused-ring (bicyclic) bond motifs is 1. The maximum atomic E-state index is 13.0. The lowest BCUT2D eigenvalue weighted by molar-refractivity contribution is 0.0951. The van der Waals surface area contributed by atoms with Crippen molar-refractivity contribution in [3.63, 3.8) is 0 Å². The van der Waals surface area contributed by atoms with E-state index in [9.17, 15) is 9.18 Å². The van der Waals surface area contributed by atoms with Crippen LogP contribution in [0.15, 0.2) is 42.6 Å². The van der Waals surface area contributed by atoms with Crippen LogP contribution in [0.5, 0.6) is 0 Å². The maximum Gasteiger partial charge on any atom is 0.251 e. The number of aromatic nitrogens is 3. The number of pyridine rings is 1. The molecule has 2 heterocycles. The molecule has 1 aliphatic carbocycles. The number of nitrogens with one attached hydrogen (secondary N) is 1. The summed E-state index contributed by atoms with van der Waals surface area (Å²) in [5.41, 5.74) is 1.92. The molecule has 0 unspecified atom stereocenters. The number of hydrogen-bond donors (Lipinski definition) is 1. The molecule has 1 saturated carbocycles. The number of carbonyl (C=O) groups is 1. The second-order valence-corrected chi connectivity index (χ2v) is 5.42. The van der Waals surface area contributed by atoms with Crippen LogP contribution < -0.4 is 5.32 Å². The molecule has 0 radical (unpaired) electrons. The first-order valence-electron chi connectivity index (χ1n) is 7.12. The van der Waals surface area contributed by atoms with Crippen LogP contribution in [0.4, 0.5) is 4.39 Å². The molecule has 1 fully saturated rings. The molecule has 1 amide bonds. The topological polar surface area (TPSA) is 59.3 Å². The van der Waals surface area contributed by atoms with Crippen molar-refractivity contribution < 1.29 is 9.18 Å². The minimum Gasteiger partial charge on any atom is -0.349 e. The number of carbonyl (C=O) groups excluding carboxylic acids is 1. The van der Waals surface area contributed by atoms with E-state index in [1.165, 1.54) is 12.1 Å². The van der Waals surface area contributed by atoms with E-state index < -0.39 is 0 Å². The molecule has 1 aromatic carbocycles. The minimum absolute atomic E-state index is 0.0867. The smallest absolute Gasteiger partial charge is 0.251 e. The predicted octanol–water partition coefficient (Wildman–Crippen LogP) is 2.43. The van der Waals surface area contributed by atoms with Crippen molar-refractivity contribution in [3.8, 4) is 11.4 Å². The van der Waals surface area contributed by atoms with Crippen molar-refractivity contribution >= 4 is 11.6 Å². The van der Waals surface area contributed by atoms with Crippen molar-refractivity contribution in [1.29, 1.82) is 0 Å². The van der Waals surface area contributed by atoms with E-state index in [0.717, 1.165) is 18.4 Å². The van der Waals surface area contributed by atoms with Crippen molar-refractivity contribution in [2.24, 2.45) is 0 Å². The largest absolute Gasteiger partial charge is 0.349 e. The normalized spacial score (nSPS) is 14.2. The summed E-state index contributed by atoms with van der Waals surface area (Å²) in [6.45, 7) is 0. The van der Waals surface area contributed by atoms with Crippen LogP contribution in [0, 0.1) is 5.82 Å². The first kappa shape index (κ1) is 12.9. The molecule has 3 aromatic rings. The third-order valence-corrected chi connectivity index (χ3v) is 3.69. The Labute approximate surface area is 125 Å². The van der Waals surface area contributed by atoms with Gasteiger partial charge in [-0.1, -0.05) is 0 Å². The zero-order valence-electron chi connectivity index (χ0n) is 11.7. The number of rotatable bonds is 3. The fourth-order valence-electron chi connectivity index (χ4n) is 2.32. The molecular formula is C16H13FN4O. The van der Waals surface area contributed by atoms with E-state index in [2.05, 4.69) is 15.5 Å². The van der Waals surface area contributed by atoms with E-state index in [0.29, 0.717) is 23.1 Å². The summed E-state index contributed by atoms with van der Waals surface area (Å²) >= 11 is 0. The van der Waals surface area contributed by atoms with Gasteiger partial charge in [0.1, 0.15) is 5.82 Å². The summed E-state index contributed by atoms with van der Waals surface area (Å²) in [5.74, 6) is 0.233. The fourth-order valence-corrected chi connectivity index (χ4v) is 2.32. The molecule has 0 atom stereocenters.